The van der Waals surface area contributed by atoms with Crippen molar-refractivity contribution >= 4 is 15.9 Å². The Kier molecular flexibility index (Phi) is 5.87. The molecule has 142 valence electrons. The van der Waals surface area contributed by atoms with Gasteiger partial charge in [-0.05, 0) is 45.9 Å². The number of rotatable bonds is 6. The fraction of sp³-hybridized carbons (Fsp3) is 0.444. The van der Waals surface area contributed by atoms with Gasteiger partial charge in [0.1, 0.15) is 0 Å². The standard InChI is InChI=1S/C18H26N4O3S/c1-7-22-14(4)17(12(2)19-22)13(3)20-26(24,25)16-10-8-9-15(11-16)18(23)21(5)6/h8-11,13,20H,7H2,1-6H3. The average Bonchev–Trinajstić information content (AvgIpc) is 2.87. The zero-order valence-corrected chi connectivity index (χ0v) is 16.9. The molecule has 0 saturated carbocycles. The van der Waals surface area contributed by atoms with Gasteiger partial charge >= 0.3 is 0 Å². The van der Waals surface area contributed by atoms with Gasteiger partial charge in [-0.15, -0.1) is 0 Å². The molecule has 1 N–H and O–H groups in total. The summed E-state index contributed by atoms with van der Waals surface area (Å²) in [4.78, 5) is 13.6. The Bertz CT molecular complexity index is 917. The van der Waals surface area contributed by atoms with Crippen molar-refractivity contribution in [2.75, 3.05) is 14.1 Å². The van der Waals surface area contributed by atoms with Gasteiger partial charge in [-0.3, -0.25) is 9.48 Å². The molecule has 2 aromatic rings. The highest BCUT2D eigenvalue weighted by Crippen LogP contribution is 2.24. The number of hydrogen-bond donors (Lipinski definition) is 1. The average molecular weight is 378 g/mol. The molecule has 0 spiro atoms. The molecule has 0 aliphatic carbocycles. The van der Waals surface area contributed by atoms with Gasteiger partial charge < -0.3 is 4.90 Å². The summed E-state index contributed by atoms with van der Waals surface area (Å²) >= 11 is 0. The Balaban J connectivity index is 2.33. The van der Waals surface area contributed by atoms with Crippen LogP contribution in [0, 0.1) is 13.8 Å². The normalized spacial score (nSPS) is 12.8. The van der Waals surface area contributed by atoms with Crippen LogP contribution in [0.2, 0.25) is 0 Å². The summed E-state index contributed by atoms with van der Waals surface area (Å²) in [6, 6.07) is 5.61. The van der Waals surface area contributed by atoms with Crippen LogP contribution in [0.5, 0.6) is 0 Å². The van der Waals surface area contributed by atoms with Gasteiger partial charge in [-0.2, -0.15) is 5.10 Å². The molecule has 0 saturated heterocycles. The molecule has 8 heteroatoms. The highest BCUT2D eigenvalue weighted by Gasteiger charge is 2.24. The number of carbonyl (C=O) groups is 1. The van der Waals surface area contributed by atoms with Crippen molar-refractivity contribution in [2.24, 2.45) is 0 Å². The van der Waals surface area contributed by atoms with Crippen LogP contribution in [0.25, 0.3) is 0 Å². The van der Waals surface area contributed by atoms with E-state index in [2.05, 4.69) is 9.82 Å². The molecule has 1 unspecified atom stereocenters. The Morgan fingerprint density at radius 1 is 1.31 bits per heavy atom. The maximum Gasteiger partial charge on any atom is 0.253 e. The Labute approximate surface area is 155 Å². The lowest BCUT2D eigenvalue weighted by Gasteiger charge is -2.16. The molecule has 1 aromatic heterocycles. The fourth-order valence-corrected chi connectivity index (χ4v) is 4.32. The first kappa shape index (κ1) is 20.1. The minimum Gasteiger partial charge on any atom is -0.345 e. The molecule has 26 heavy (non-hydrogen) atoms. The Hall–Kier alpha value is -2.19. The molecular weight excluding hydrogens is 352 g/mol. The fourth-order valence-electron chi connectivity index (χ4n) is 3.06. The summed E-state index contributed by atoms with van der Waals surface area (Å²) in [5.74, 6) is -0.244. The third-order valence-corrected chi connectivity index (χ3v) is 5.84. The lowest BCUT2D eigenvalue weighted by atomic mass is 10.1. The number of aromatic nitrogens is 2. The molecule has 2 rings (SSSR count). The van der Waals surface area contributed by atoms with E-state index in [1.165, 1.54) is 17.0 Å². The Morgan fingerprint density at radius 2 is 1.96 bits per heavy atom. The predicted octanol–water partition coefficient (Wildman–Crippen LogP) is 2.26. The van der Waals surface area contributed by atoms with E-state index < -0.39 is 16.1 Å². The van der Waals surface area contributed by atoms with Crippen LogP contribution < -0.4 is 4.72 Å². The van der Waals surface area contributed by atoms with Crippen LogP contribution in [0.4, 0.5) is 0 Å². The van der Waals surface area contributed by atoms with Crippen molar-refractivity contribution in [3.8, 4) is 0 Å². The predicted molar refractivity (Wildman–Crippen MR) is 101 cm³/mol. The summed E-state index contributed by atoms with van der Waals surface area (Å²) < 4.78 is 30.1. The van der Waals surface area contributed by atoms with Gasteiger partial charge in [-0.25, -0.2) is 13.1 Å². The summed E-state index contributed by atoms with van der Waals surface area (Å²) in [5.41, 5.74) is 2.94. The van der Waals surface area contributed by atoms with E-state index in [4.69, 9.17) is 0 Å². The van der Waals surface area contributed by atoms with Crippen LogP contribution in [0.3, 0.4) is 0 Å². The number of aryl methyl sites for hydroxylation is 2. The molecule has 0 aliphatic rings. The highest BCUT2D eigenvalue weighted by molar-refractivity contribution is 7.89. The van der Waals surface area contributed by atoms with Crippen LogP contribution in [-0.2, 0) is 16.6 Å². The second-order valence-corrected chi connectivity index (χ2v) is 8.18. The van der Waals surface area contributed by atoms with Crippen molar-refractivity contribution in [2.45, 2.75) is 45.2 Å². The second-order valence-electron chi connectivity index (χ2n) is 6.47. The number of sulfonamides is 1. The van der Waals surface area contributed by atoms with E-state index in [9.17, 15) is 13.2 Å². The van der Waals surface area contributed by atoms with Crippen molar-refractivity contribution in [3.63, 3.8) is 0 Å². The summed E-state index contributed by atoms with van der Waals surface area (Å²) in [6.07, 6.45) is 0. The number of nitrogens with one attached hydrogen (secondary N) is 1. The number of benzene rings is 1. The lowest BCUT2D eigenvalue weighted by molar-refractivity contribution is 0.0827. The first-order chi connectivity index (χ1) is 12.1. The zero-order valence-electron chi connectivity index (χ0n) is 16.1. The summed E-state index contributed by atoms with van der Waals surface area (Å²) in [7, 11) is -0.527. The SMILES string of the molecule is CCn1nc(C)c(C(C)NS(=O)(=O)c2cccc(C(=O)N(C)C)c2)c1C. The lowest BCUT2D eigenvalue weighted by Crippen LogP contribution is -2.28. The minimum absolute atomic E-state index is 0.0650. The van der Waals surface area contributed by atoms with E-state index in [0.29, 0.717) is 5.56 Å². The number of carbonyl (C=O) groups excluding carboxylic acids is 1. The minimum atomic E-state index is -3.78. The van der Waals surface area contributed by atoms with Crippen LogP contribution in [0.15, 0.2) is 29.2 Å². The molecule has 7 nitrogen and oxygen atoms in total. The molecule has 1 aromatic carbocycles. The zero-order chi connectivity index (χ0) is 19.6. The van der Waals surface area contributed by atoms with Gasteiger partial charge in [0.05, 0.1) is 10.6 Å². The topological polar surface area (TPSA) is 84.3 Å². The molecule has 0 bridgehead atoms. The third kappa shape index (κ3) is 3.96. The van der Waals surface area contributed by atoms with E-state index in [1.54, 1.807) is 33.2 Å². The second kappa shape index (κ2) is 7.59. The first-order valence-corrected chi connectivity index (χ1v) is 9.94. The molecule has 1 heterocycles. The maximum absolute atomic E-state index is 12.8. The maximum atomic E-state index is 12.8. The number of amides is 1. The first-order valence-electron chi connectivity index (χ1n) is 8.46. The van der Waals surface area contributed by atoms with E-state index in [0.717, 1.165) is 23.5 Å². The summed E-state index contributed by atoms with van der Waals surface area (Å²) in [5, 5.41) is 4.44. The van der Waals surface area contributed by atoms with E-state index >= 15 is 0 Å². The van der Waals surface area contributed by atoms with Crippen molar-refractivity contribution in [3.05, 3.63) is 46.8 Å². The molecule has 1 atom stereocenters. The van der Waals surface area contributed by atoms with Crippen LogP contribution >= 0.6 is 0 Å². The van der Waals surface area contributed by atoms with Gasteiger partial charge in [0.2, 0.25) is 10.0 Å². The van der Waals surface area contributed by atoms with Crippen molar-refractivity contribution in [1.29, 1.82) is 0 Å². The largest absolute Gasteiger partial charge is 0.345 e. The number of nitrogens with zero attached hydrogens (tertiary/aromatic N) is 3. The van der Waals surface area contributed by atoms with Gasteiger partial charge in [0.25, 0.3) is 5.91 Å². The third-order valence-electron chi connectivity index (χ3n) is 4.30. The van der Waals surface area contributed by atoms with Crippen molar-refractivity contribution in [1.82, 2.24) is 19.4 Å². The molecule has 0 aliphatic heterocycles. The number of hydrogen-bond acceptors (Lipinski definition) is 4. The van der Waals surface area contributed by atoms with Crippen molar-refractivity contribution < 1.29 is 13.2 Å². The molecular formula is C18H26N4O3S. The smallest absolute Gasteiger partial charge is 0.253 e. The Morgan fingerprint density at radius 3 is 2.50 bits per heavy atom. The van der Waals surface area contributed by atoms with Gasteiger partial charge in [0, 0.05) is 43.5 Å². The van der Waals surface area contributed by atoms with E-state index in [1.807, 2.05) is 25.5 Å². The molecule has 0 fully saturated rings. The highest BCUT2D eigenvalue weighted by atomic mass is 32.2. The molecule has 1 amide bonds. The monoisotopic (exact) mass is 378 g/mol. The van der Waals surface area contributed by atoms with Crippen LogP contribution in [-0.4, -0.2) is 43.1 Å². The molecule has 0 radical (unpaired) electrons. The van der Waals surface area contributed by atoms with Crippen LogP contribution in [0.1, 0.15) is 47.2 Å². The summed E-state index contributed by atoms with van der Waals surface area (Å²) in [6.45, 7) is 8.31. The quantitative estimate of drug-likeness (QED) is 0.836. The van der Waals surface area contributed by atoms with E-state index in [-0.39, 0.29) is 10.8 Å². The van der Waals surface area contributed by atoms with Gasteiger partial charge in [-0.1, -0.05) is 6.07 Å². The van der Waals surface area contributed by atoms with Gasteiger partial charge in [0.15, 0.2) is 0 Å².